The lowest BCUT2D eigenvalue weighted by molar-refractivity contribution is -0.130. The highest BCUT2D eigenvalue weighted by atomic mass is 16.1. The monoisotopic (exact) mass is 269 g/mol. The molecule has 104 valence electrons. The number of ketones is 2. The van der Waals surface area contributed by atoms with Crippen LogP contribution < -0.4 is 0 Å². The third-order valence-corrected chi connectivity index (χ3v) is 3.89. The molecule has 0 aliphatic heterocycles. The highest BCUT2D eigenvalue weighted by Gasteiger charge is 2.27. The Morgan fingerprint density at radius 1 is 1.35 bits per heavy atom. The minimum Gasteiger partial charge on any atom is -0.300 e. The van der Waals surface area contributed by atoms with Gasteiger partial charge in [-0.1, -0.05) is 30.3 Å². The average Bonchev–Trinajstić information content (AvgIpc) is 2.47. The molecule has 0 spiro atoms. The number of Topliss-reactive ketones (excluding diaryl/α,β-unsaturated/α-hetero) is 2. The third kappa shape index (κ3) is 4.03. The molecular weight excluding hydrogens is 250 g/mol. The van der Waals surface area contributed by atoms with E-state index in [1.165, 1.54) is 0 Å². The standard InChI is InChI=1S/C17H19NO2/c18-12-14(9-13-5-2-1-3-6-13)10-17(20)15-7-4-8-16(19)11-15/h1-3,5-6,14-15H,4,7-11H2. The van der Waals surface area contributed by atoms with Gasteiger partial charge in [-0.3, -0.25) is 9.59 Å². The summed E-state index contributed by atoms with van der Waals surface area (Å²) in [5.41, 5.74) is 1.08. The second-order valence-electron chi connectivity index (χ2n) is 5.52. The number of benzene rings is 1. The zero-order valence-electron chi connectivity index (χ0n) is 11.5. The van der Waals surface area contributed by atoms with Crippen molar-refractivity contribution in [3.63, 3.8) is 0 Å². The van der Waals surface area contributed by atoms with Gasteiger partial charge in [0.15, 0.2) is 0 Å². The van der Waals surface area contributed by atoms with Crippen LogP contribution in [0.5, 0.6) is 0 Å². The molecule has 1 saturated carbocycles. The van der Waals surface area contributed by atoms with Crippen LogP contribution in [-0.4, -0.2) is 11.6 Å². The van der Waals surface area contributed by atoms with Gasteiger partial charge >= 0.3 is 0 Å². The Bertz CT molecular complexity index is 516. The Morgan fingerprint density at radius 2 is 2.10 bits per heavy atom. The summed E-state index contributed by atoms with van der Waals surface area (Å²) in [5, 5.41) is 9.22. The van der Waals surface area contributed by atoms with E-state index in [9.17, 15) is 14.9 Å². The van der Waals surface area contributed by atoms with Crippen molar-refractivity contribution in [2.75, 3.05) is 0 Å². The number of hydrogen-bond acceptors (Lipinski definition) is 3. The van der Waals surface area contributed by atoms with Gasteiger partial charge in [0.25, 0.3) is 0 Å². The van der Waals surface area contributed by atoms with Crippen LogP contribution in [0.3, 0.4) is 0 Å². The molecule has 0 aromatic heterocycles. The summed E-state index contributed by atoms with van der Waals surface area (Å²) in [6.45, 7) is 0. The highest BCUT2D eigenvalue weighted by molar-refractivity contribution is 5.89. The molecule has 0 heterocycles. The Hall–Kier alpha value is -1.95. The molecule has 1 aromatic rings. The van der Waals surface area contributed by atoms with E-state index in [1.807, 2.05) is 30.3 Å². The molecule has 2 unspecified atom stereocenters. The predicted molar refractivity (Wildman–Crippen MR) is 75.8 cm³/mol. The average molecular weight is 269 g/mol. The molecule has 2 atom stereocenters. The maximum atomic E-state index is 12.2. The zero-order chi connectivity index (χ0) is 14.4. The van der Waals surface area contributed by atoms with Gasteiger partial charge in [-0.2, -0.15) is 5.26 Å². The van der Waals surface area contributed by atoms with E-state index in [4.69, 9.17) is 0 Å². The van der Waals surface area contributed by atoms with E-state index in [2.05, 4.69) is 6.07 Å². The van der Waals surface area contributed by atoms with Crippen molar-refractivity contribution in [2.24, 2.45) is 11.8 Å². The first-order valence-electron chi connectivity index (χ1n) is 7.17. The highest BCUT2D eigenvalue weighted by Crippen LogP contribution is 2.25. The molecule has 1 fully saturated rings. The third-order valence-electron chi connectivity index (χ3n) is 3.89. The van der Waals surface area contributed by atoms with Crippen LogP contribution in [0.4, 0.5) is 0 Å². The van der Waals surface area contributed by atoms with Crippen molar-refractivity contribution in [1.82, 2.24) is 0 Å². The van der Waals surface area contributed by atoms with Crippen LogP contribution in [0.1, 0.15) is 37.7 Å². The lowest BCUT2D eigenvalue weighted by Crippen LogP contribution is -2.24. The van der Waals surface area contributed by atoms with E-state index in [0.29, 0.717) is 19.3 Å². The van der Waals surface area contributed by atoms with Gasteiger partial charge in [0.2, 0.25) is 0 Å². The maximum absolute atomic E-state index is 12.2. The molecule has 0 bridgehead atoms. The van der Waals surface area contributed by atoms with Crippen LogP contribution in [0.15, 0.2) is 30.3 Å². The first-order chi connectivity index (χ1) is 9.69. The summed E-state index contributed by atoms with van der Waals surface area (Å²) in [6, 6.07) is 12.0. The van der Waals surface area contributed by atoms with Gasteiger partial charge in [0, 0.05) is 25.2 Å². The summed E-state index contributed by atoms with van der Waals surface area (Å²) in [4.78, 5) is 23.6. The van der Waals surface area contributed by atoms with Gasteiger partial charge in [-0.25, -0.2) is 0 Å². The van der Waals surface area contributed by atoms with Crippen molar-refractivity contribution < 1.29 is 9.59 Å². The Balaban J connectivity index is 1.91. The van der Waals surface area contributed by atoms with Gasteiger partial charge in [0.1, 0.15) is 11.6 Å². The van der Waals surface area contributed by atoms with Crippen molar-refractivity contribution in [1.29, 1.82) is 5.26 Å². The van der Waals surface area contributed by atoms with Gasteiger partial charge < -0.3 is 0 Å². The number of nitriles is 1. The van der Waals surface area contributed by atoms with Gasteiger partial charge in [-0.15, -0.1) is 0 Å². The lowest BCUT2D eigenvalue weighted by Gasteiger charge is -2.20. The fourth-order valence-corrected chi connectivity index (χ4v) is 2.77. The fraction of sp³-hybridized carbons (Fsp3) is 0.471. The van der Waals surface area contributed by atoms with E-state index in [-0.39, 0.29) is 29.8 Å². The van der Waals surface area contributed by atoms with Crippen molar-refractivity contribution in [3.05, 3.63) is 35.9 Å². The molecule has 1 aliphatic carbocycles. The van der Waals surface area contributed by atoms with Crippen LogP contribution in [0, 0.1) is 23.2 Å². The van der Waals surface area contributed by atoms with Crippen LogP contribution in [0.25, 0.3) is 0 Å². The van der Waals surface area contributed by atoms with Crippen molar-refractivity contribution >= 4 is 11.6 Å². The molecule has 0 amide bonds. The summed E-state index contributed by atoms with van der Waals surface area (Å²) < 4.78 is 0. The molecular formula is C17H19NO2. The summed E-state index contributed by atoms with van der Waals surface area (Å²) in [6.07, 6.45) is 3.46. The zero-order valence-corrected chi connectivity index (χ0v) is 11.5. The topological polar surface area (TPSA) is 57.9 Å². The molecule has 1 aliphatic rings. The number of nitrogens with zero attached hydrogens (tertiary/aromatic N) is 1. The first kappa shape index (κ1) is 14.5. The Labute approximate surface area is 119 Å². The summed E-state index contributed by atoms with van der Waals surface area (Å²) in [7, 11) is 0. The lowest BCUT2D eigenvalue weighted by atomic mass is 9.82. The van der Waals surface area contributed by atoms with E-state index < -0.39 is 0 Å². The van der Waals surface area contributed by atoms with E-state index in [1.54, 1.807) is 0 Å². The molecule has 0 saturated heterocycles. The van der Waals surface area contributed by atoms with Crippen LogP contribution >= 0.6 is 0 Å². The number of carbonyl (C=O) groups is 2. The minimum absolute atomic E-state index is 0.0838. The van der Waals surface area contributed by atoms with Gasteiger partial charge in [0.05, 0.1) is 12.0 Å². The summed E-state index contributed by atoms with van der Waals surface area (Å²) >= 11 is 0. The minimum atomic E-state index is -0.290. The quantitative estimate of drug-likeness (QED) is 0.825. The van der Waals surface area contributed by atoms with Crippen molar-refractivity contribution in [2.45, 2.75) is 38.5 Å². The smallest absolute Gasteiger partial charge is 0.137 e. The second kappa shape index (κ2) is 7.00. The second-order valence-corrected chi connectivity index (χ2v) is 5.52. The molecule has 3 heteroatoms. The molecule has 3 nitrogen and oxygen atoms in total. The normalized spacial score (nSPS) is 20.1. The van der Waals surface area contributed by atoms with Gasteiger partial charge in [-0.05, 0) is 24.8 Å². The molecule has 20 heavy (non-hydrogen) atoms. The van der Waals surface area contributed by atoms with E-state index >= 15 is 0 Å². The van der Waals surface area contributed by atoms with Crippen LogP contribution in [-0.2, 0) is 16.0 Å². The molecule has 2 rings (SSSR count). The maximum Gasteiger partial charge on any atom is 0.137 e. The van der Waals surface area contributed by atoms with Crippen LogP contribution in [0.2, 0.25) is 0 Å². The Kier molecular flexibility index (Phi) is 5.06. The fourth-order valence-electron chi connectivity index (χ4n) is 2.77. The van der Waals surface area contributed by atoms with E-state index in [0.717, 1.165) is 18.4 Å². The molecule has 0 radical (unpaired) electrons. The Morgan fingerprint density at radius 3 is 2.75 bits per heavy atom. The number of carbonyl (C=O) groups excluding carboxylic acids is 2. The predicted octanol–water partition coefficient (Wildman–Crippen LogP) is 3.09. The molecule has 1 aromatic carbocycles. The summed E-state index contributed by atoms with van der Waals surface area (Å²) in [5.74, 6) is -0.170. The number of hydrogen-bond donors (Lipinski definition) is 0. The van der Waals surface area contributed by atoms with Crippen molar-refractivity contribution in [3.8, 4) is 6.07 Å². The SMILES string of the molecule is N#CC(CC(=O)C1CCCC(=O)C1)Cc1ccccc1. The number of rotatable bonds is 5. The molecule has 0 N–H and O–H groups in total. The first-order valence-corrected chi connectivity index (χ1v) is 7.17. The largest absolute Gasteiger partial charge is 0.300 e.